The van der Waals surface area contributed by atoms with Gasteiger partial charge < -0.3 is 0 Å². The lowest BCUT2D eigenvalue weighted by atomic mass is 10.3. The lowest BCUT2D eigenvalue weighted by Crippen LogP contribution is -2.15. The van der Waals surface area contributed by atoms with Gasteiger partial charge in [-0.3, -0.25) is 9.05 Å². The fourth-order valence-corrected chi connectivity index (χ4v) is 3.74. The van der Waals surface area contributed by atoms with Gasteiger partial charge in [0.2, 0.25) is 0 Å². The number of hydrogen-bond donors (Lipinski definition) is 0. The molecule has 3 nitrogen and oxygen atoms in total. The predicted octanol–water partition coefficient (Wildman–Crippen LogP) is 5.35. The van der Waals surface area contributed by atoms with Crippen LogP contribution in [0.2, 0.25) is 0 Å². The van der Waals surface area contributed by atoms with Crippen LogP contribution in [-0.2, 0) is 4.52 Å². The van der Waals surface area contributed by atoms with Crippen LogP contribution in [0.4, 0.5) is 0 Å². The Morgan fingerprint density at radius 1 is 0.762 bits per heavy atom. The van der Waals surface area contributed by atoms with Gasteiger partial charge in [-0.05, 0) is 37.6 Å². The van der Waals surface area contributed by atoms with Crippen molar-refractivity contribution in [2.45, 2.75) is 20.3 Å². The van der Waals surface area contributed by atoms with Crippen molar-refractivity contribution in [1.82, 2.24) is 0 Å². The molecule has 0 radical (unpaired) electrons. The highest BCUT2D eigenvalue weighted by Gasteiger charge is 2.46. The van der Waals surface area contributed by atoms with Crippen LogP contribution in [0.3, 0.4) is 0 Å². The second-order valence-electron chi connectivity index (χ2n) is 4.57. The van der Waals surface area contributed by atoms with Gasteiger partial charge in [-0.1, -0.05) is 43.3 Å². The average molecular weight is 305 g/mol. The Balaban J connectivity index is 2.20. The van der Waals surface area contributed by atoms with Crippen molar-refractivity contribution in [1.29, 1.82) is 0 Å². The summed E-state index contributed by atoms with van der Waals surface area (Å²) >= 11 is 0. The van der Waals surface area contributed by atoms with Crippen LogP contribution in [0.15, 0.2) is 60.7 Å². The molecule has 0 aliphatic heterocycles. The van der Waals surface area contributed by atoms with Crippen LogP contribution < -0.4 is 9.05 Å². The summed E-state index contributed by atoms with van der Waals surface area (Å²) in [6.45, 7) is 4.74. The van der Waals surface area contributed by atoms with E-state index in [0.717, 1.165) is 17.9 Å². The van der Waals surface area contributed by atoms with E-state index in [0.29, 0.717) is 12.8 Å². The van der Waals surface area contributed by atoms with Gasteiger partial charge in [-0.25, -0.2) is 0 Å². The molecule has 0 amide bonds. The van der Waals surface area contributed by atoms with Gasteiger partial charge in [0.15, 0.2) is 17.7 Å². The smallest absolute Gasteiger partial charge is 0.278 e. The number of hydrogen-bond acceptors (Lipinski definition) is 3. The minimum Gasteiger partial charge on any atom is -0.278 e. The highest BCUT2D eigenvalue weighted by Crippen LogP contribution is 2.60. The van der Waals surface area contributed by atoms with E-state index in [9.17, 15) is 0 Å². The topological polar surface area (TPSA) is 27.7 Å². The molecule has 21 heavy (non-hydrogen) atoms. The molecule has 4 heteroatoms. The highest BCUT2D eigenvalue weighted by molar-refractivity contribution is 7.62. The fraction of sp³-hybridized carbons (Fsp3) is 0.294. The molecule has 0 saturated heterocycles. The number of para-hydroxylation sites is 2. The van der Waals surface area contributed by atoms with Gasteiger partial charge in [-0.15, -0.1) is 0 Å². The molecule has 2 aromatic carbocycles. The maximum Gasteiger partial charge on any atom is 0.497 e. The third kappa shape index (κ3) is 4.73. The van der Waals surface area contributed by atoms with Gasteiger partial charge >= 0.3 is 7.94 Å². The highest BCUT2D eigenvalue weighted by atomic mass is 31.2. The van der Waals surface area contributed by atoms with E-state index < -0.39 is 7.94 Å². The first kappa shape index (κ1) is 15.8. The van der Waals surface area contributed by atoms with E-state index in [4.69, 9.17) is 13.6 Å². The lowest BCUT2D eigenvalue weighted by molar-refractivity contribution is 0.242. The molecule has 0 N–H and O–H groups in total. The largest absolute Gasteiger partial charge is 0.497 e. The maximum atomic E-state index is 6.12. The van der Waals surface area contributed by atoms with Crippen molar-refractivity contribution in [3.63, 3.8) is 0 Å². The third-order valence-electron chi connectivity index (χ3n) is 2.85. The second kappa shape index (κ2) is 8.02. The fourth-order valence-electron chi connectivity index (χ4n) is 1.81. The molecule has 0 saturated carbocycles. The summed E-state index contributed by atoms with van der Waals surface area (Å²) in [7, 11) is -2.44. The summed E-state index contributed by atoms with van der Waals surface area (Å²) in [5, 5.41) is 0. The lowest BCUT2D eigenvalue weighted by Gasteiger charge is -2.21. The molecule has 0 aromatic heterocycles. The van der Waals surface area contributed by atoms with E-state index in [1.807, 2.05) is 67.6 Å². The normalized spacial score (nSPS) is 11.1. The van der Waals surface area contributed by atoms with Gasteiger partial charge in [-0.2, -0.15) is 4.52 Å². The molecule has 0 aliphatic rings. The SMILES string of the molecule is CCCO[P+](CC)(Oc1ccccc1)Oc1ccccc1. The minimum absolute atomic E-state index is 0.626. The van der Waals surface area contributed by atoms with Crippen molar-refractivity contribution in [2.75, 3.05) is 12.8 Å². The Bertz CT molecular complexity index is 475. The zero-order chi connectivity index (χ0) is 15.0. The quantitative estimate of drug-likeness (QED) is 0.615. The molecule has 0 spiro atoms. The van der Waals surface area contributed by atoms with Gasteiger partial charge in [0.1, 0.15) is 0 Å². The van der Waals surface area contributed by atoms with Gasteiger partial charge in [0, 0.05) is 0 Å². The van der Waals surface area contributed by atoms with Crippen LogP contribution in [0, 0.1) is 0 Å². The number of benzene rings is 2. The van der Waals surface area contributed by atoms with Crippen molar-refractivity contribution < 1.29 is 13.6 Å². The Hall–Kier alpha value is -1.57. The van der Waals surface area contributed by atoms with Crippen molar-refractivity contribution >= 4 is 7.94 Å². The Kier molecular flexibility index (Phi) is 6.04. The molecule has 0 heterocycles. The van der Waals surface area contributed by atoms with Crippen LogP contribution in [-0.4, -0.2) is 12.8 Å². The molecular weight excluding hydrogens is 283 g/mol. The Morgan fingerprint density at radius 2 is 1.24 bits per heavy atom. The zero-order valence-corrected chi connectivity index (χ0v) is 13.5. The predicted molar refractivity (Wildman–Crippen MR) is 87.8 cm³/mol. The molecule has 0 atom stereocenters. The zero-order valence-electron chi connectivity index (χ0n) is 12.6. The molecule has 2 aromatic rings. The Morgan fingerprint density at radius 3 is 1.62 bits per heavy atom. The summed E-state index contributed by atoms with van der Waals surface area (Å²) in [4.78, 5) is 0. The van der Waals surface area contributed by atoms with Crippen LogP contribution in [0.5, 0.6) is 11.5 Å². The van der Waals surface area contributed by atoms with Crippen molar-refractivity contribution in [3.05, 3.63) is 60.7 Å². The molecule has 0 unspecified atom stereocenters. The molecule has 0 bridgehead atoms. The molecule has 112 valence electrons. The third-order valence-corrected chi connectivity index (χ3v) is 5.18. The van der Waals surface area contributed by atoms with Crippen LogP contribution in [0.1, 0.15) is 20.3 Å². The van der Waals surface area contributed by atoms with E-state index in [-0.39, 0.29) is 0 Å². The van der Waals surface area contributed by atoms with E-state index in [1.54, 1.807) is 0 Å². The first-order chi connectivity index (χ1) is 10.3. The Labute approximate surface area is 127 Å². The maximum absolute atomic E-state index is 6.12. The van der Waals surface area contributed by atoms with Gasteiger partial charge in [0.25, 0.3) is 0 Å². The second-order valence-corrected chi connectivity index (χ2v) is 7.05. The van der Waals surface area contributed by atoms with Crippen molar-refractivity contribution in [3.8, 4) is 11.5 Å². The summed E-state index contributed by atoms with van der Waals surface area (Å²) in [6, 6.07) is 19.4. The number of rotatable bonds is 8. The monoisotopic (exact) mass is 305 g/mol. The summed E-state index contributed by atoms with van der Waals surface area (Å²) in [5.41, 5.74) is 0. The minimum atomic E-state index is -2.44. The molecular formula is C17H22O3P+. The van der Waals surface area contributed by atoms with Crippen LogP contribution >= 0.6 is 7.94 Å². The first-order valence-corrected chi connectivity index (χ1v) is 9.02. The average Bonchev–Trinajstić information content (AvgIpc) is 2.54. The van der Waals surface area contributed by atoms with Gasteiger partial charge in [0.05, 0.1) is 6.61 Å². The van der Waals surface area contributed by atoms with E-state index in [2.05, 4.69) is 6.92 Å². The standard InChI is InChI=1S/C17H22O3P/c1-3-15-18-21(4-2,19-16-11-7-5-8-12-16)20-17-13-9-6-10-14-17/h5-14H,3-4,15H2,1-2H3/q+1. The summed E-state index contributed by atoms with van der Waals surface area (Å²) < 4.78 is 18.3. The summed E-state index contributed by atoms with van der Waals surface area (Å²) in [6.07, 6.45) is 1.62. The summed E-state index contributed by atoms with van der Waals surface area (Å²) in [5.74, 6) is 1.56. The van der Waals surface area contributed by atoms with Crippen LogP contribution in [0.25, 0.3) is 0 Å². The van der Waals surface area contributed by atoms with E-state index >= 15 is 0 Å². The van der Waals surface area contributed by atoms with Crippen molar-refractivity contribution in [2.24, 2.45) is 0 Å². The molecule has 0 fully saturated rings. The first-order valence-electron chi connectivity index (χ1n) is 7.30. The van der Waals surface area contributed by atoms with E-state index in [1.165, 1.54) is 0 Å². The molecule has 2 rings (SSSR count). The molecule has 0 aliphatic carbocycles.